The van der Waals surface area contributed by atoms with E-state index in [9.17, 15) is 0 Å². The first-order chi connectivity index (χ1) is 8.69. The molecule has 108 valence electrons. The molecule has 19 heavy (non-hydrogen) atoms. The van der Waals surface area contributed by atoms with Crippen molar-refractivity contribution in [2.24, 2.45) is 16.8 Å². The van der Waals surface area contributed by atoms with Crippen molar-refractivity contribution in [1.29, 1.82) is 0 Å². The van der Waals surface area contributed by atoms with Crippen molar-refractivity contribution in [2.45, 2.75) is 26.8 Å². The lowest BCUT2D eigenvalue weighted by atomic mass is 9.92. The van der Waals surface area contributed by atoms with Crippen LogP contribution in [0.3, 0.4) is 0 Å². The largest absolute Gasteiger partial charge is 0.350 e. The zero-order chi connectivity index (χ0) is 13.0. The lowest BCUT2D eigenvalue weighted by Crippen LogP contribution is -2.48. The van der Waals surface area contributed by atoms with Crippen molar-refractivity contribution in [3.63, 3.8) is 0 Å². The first-order valence-electron chi connectivity index (χ1n) is 6.53. The van der Waals surface area contributed by atoms with Crippen LogP contribution in [0, 0.1) is 11.8 Å². The summed E-state index contributed by atoms with van der Waals surface area (Å²) in [7, 11) is 1.86. The maximum atomic E-state index is 4.39. The molecule has 0 amide bonds. The van der Waals surface area contributed by atoms with Crippen LogP contribution in [-0.2, 0) is 6.54 Å². The summed E-state index contributed by atoms with van der Waals surface area (Å²) >= 11 is 1.68. The summed E-state index contributed by atoms with van der Waals surface area (Å²) < 4.78 is 0. The molecular weight excluding hydrogens is 371 g/mol. The summed E-state index contributed by atoms with van der Waals surface area (Å²) in [5, 5.41) is 6.52. The molecule has 1 aromatic rings. The molecule has 0 bridgehead atoms. The second kappa shape index (κ2) is 8.04. The number of hydrogen-bond acceptors (Lipinski definition) is 3. The van der Waals surface area contributed by atoms with E-state index in [2.05, 4.69) is 34.0 Å². The van der Waals surface area contributed by atoms with E-state index in [1.165, 1.54) is 6.42 Å². The van der Waals surface area contributed by atoms with Gasteiger partial charge in [-0.15, -0.1) is 35.3 Å². The van der Waals surface area contributed by atoms with Gasteiger partial charge in [0.05, 0.1) is 6.54 Å². The zero-order valence-electron chi connectivity index (χ0n) is 11.8. The molecule has 0 radical (unpaired) electrons. The highest BCUT2D eigenvalue weighted by Gasteiger charge is 2.23. The summed E-state index contributed by atoms with van der Waals surface area (Å²) in [4.78, 5) is 11.0. The van der Waals surface area contributed by atoms with Gasteiger partial charge in [0.25, 0.3) is 0 Å². The Balaban J connectivity index is 0.00000180. The summed E-state index contributed by atoms with van der Waals surface area (Å²) in [5.74, 6) is 2.49. The predicted molar refractivity (Wildman–Crippen MR) is 92.2 cm³/mol. The minimum absolute atomic E-state index is 0. The number of nitrogens with one attached hydrogen (secondary N) is 1. The molecule has 1 aliphatic heterocycles. The SMILES string of the molecule is CN=C(NCc1nccs1)N1CC(C)CC(C)C1.I. The summed E-state index contributed by atoms with van der Waals surface area (Å²) in [6.45, 7) is 7.60. The molecule has 1 fully saturated rings. The molecule has 2 atom stereocenters. The van der Waals surface area contributed by atoms with Crippen LogP contribution in [0.4, 0.5) is 0 Å². The number of thiazole rings is 1. The minimum Gasteiger partial charge on any atom is -0.350 e. The van der Waals surface area contributed by atoms with Gasteiger partial charge in [0.2, 0.25) is 0 Å². The Morgan fingerprint density at radius 3 is 2.68 bits per heavy atom. The monoisotopic (exact) mass is 394 g/mol. The molecule has 0 spiro atoms. The average molecular weight is 394 g/mol. The maximum absolute atomic E-state index is 4.39. The summed E-state index contributed by atoms with van der Waals surface area (Å²) in [6, 6.07) is 0. The van der Waals surface area contributed by atoms with E-state index < -0.39 is 0 Å². The molecule has 2 rings (SSSR count). The minimum atomic E-state index is 0. The first-order valence-corrected chi connectivity index (χ1v) is 7.41. The summed E-state index contributed by atoms with van der Waals surface area (Å²) in [5.41, 5.74) is 0. The van der Waals surface area contributed by atoms with Crippen LogP contribution in [0.25, 0.3) is 0 Å². The van der Waals surface area contributed by atoms with Gasteiger partial charge in [-0.1, -0.05) is 13.8 Å². The van der Waals surface area contributed by atoms with Gasteiger partial charge >= 0.3 is 0 Å². The van der Waals surface area contributed by atoms with Crippen LogP contribution < -0.4 is 5.32 Å². The normalized spacial score (nSPS) is 23.9. The van der Waals surface area contributed by atoms with E-state index in [-0.39, 0.29) is 24.0 Å². The van der Waals surface area contributed by atoms with Crippen LogP contribution in [0.5, 0.6) is 0 Å². The smallest absolute Gasteiger partial charge is 0.194 e. The van der Waals surface area contributed by atoms with Crippen LogP contribution in [0.2, 0.25) is 0 Å². The number of guanidine groups is 1. The van der Waals surface area contributed by atoms with Crippen molar-refractivity contribution in [2.75, 3.05) is 20.1 Å². The molecule has 0 aliphatic carbocycles. The van der Waals surface area contributed by atoms with Crippen molar-refractivity contribution in [3.8, 4) is 0 Å². The number of halogens is 1. The fourth-order valence-electron chi connectivity index (χ4n) is 2.66. The summed E-state index contributed by atoms with van der Waals surface area (Å²) in [6.07, 6.45) is 3.16. The molecular formula is C13H23IN4S. The number of nitrogens with zero attached hydrogens (tertiary/aromatic N) is 3. The topological polar surface area (TPSA) is 40.5 Å². The second-order valence-corrected chi connectivity index (χ2v) is 6.16. The van der Waals surface area contributed by atoms with E-state index >= 15 is 0 Å². The second-order valence-electron chi connectivity index (χ2n) is 5.18. The Morgan fingerprint density at radius 1 is 1.47 bits per heavy atom. The van der Waals surface area contributed by atoms with Crippen LogP contribution >= 0.6 is 35.3 Å². The lowest BCUT2D eigenvalue weighted by Gasteiger charge is -2.37. The Labute approximate surface area is 136 Å². The van der Waals surface area contributed by atoms with Gasteiger partial charge in [0, 0.05) is 31.7 Å². The van der Waals surface area contributed by atoms with Gasteiger partial charge in [0.15, 0.2) is 5.96 Å². The van der Waals surface area contributed by atoms with E-state index in [1.54, 1.807) is 11.3 Å². The number of likely N-dealkylation sites (tertiary alicyclic amines) is 1. The first kappa shape index (κ1) is 16.7. The van der Waals surface area contributed by atoms with Crippen molar-refractivity contribution in [1.82, 2.24) is 15.2 Å². The van der Waals surface area contributed by atoms with Gasteiger partial charge in [0.1, 0.15) is 5.01 Å². The molecule has 1 aromatic heterocycles. The van der Waals surface area contributed by atoms with E-state index in [0.29, 0.717) is 0 Å². The maximum Gasteiger partial charge on any atom is 0.194 e. The highest BCUT2D eigenvalue weighted by atomic mass is 127. The van der Waals surface area contributed by atoms with Gasteiger partial charge in [-0.3, -0.25) is 4.99 Å². The van der Waals surface area contributed by atoms with Gasteiger partial charge in [-0.2, -0.15) is 0 Å². The highest BCUT2D eigenvalue weighted by molar-refractivity contribution is 14.0. The average Bonchev–Trinajstić information content (AvgIpc) is 2.81. The van der Waals surface area contributed by atoms with Gasteiger partial charge in [-0.25, -0.2) is 4.98 Å². The zero-order valence-corrected chi connectivity index (χ0v) is 14.9. The Bertz CT molecular complexity index is 383. The fraction of sp³-hybridized carbons (Fsp3) is 0.692. The van der Waals surface area contributed by atoms with Crippen LogP contribution in [0.1, 0.15) is 25.3 Å². The molecule has 0 saturated carbocycles. The van der Waals surface area contributed by atoms with Crippen LogP contribution in [-0.4, -0.2) is 36.0 Å². The van der Waals surface area contributed by atoms with Gasteiger partial charge in [-0.05, 0) is 18.3 Å². The number of aliphatic imine (C=N–C) groups is 1. The Morgan fingerprint density at radius 2 is 2.16 bits per heavy atom. The molecule has 2 heterocycles. The molecule has 2 unspecified atom stereocenters. The fourth-order valence-corrected chi connectivity index (χ4v) is 3.22. The van der Waals surface area contributed by atoms with Crippen LogP contribution in [0.15, 0.2) is 16.6 Å². The molecule has 1 aliphatic rings. The van der Waals surface area contributed by atoms with E-state index in [1.807, 2.05) is 18.6 Å². The van der Waals surface area contributed by atoms with Gasteiger partial charge < -0.3 is 10.2 Å². The molecule has 1 saturated heterocycles. The third-order valence-corrected chi connectivity index (χ3v) is 4.04. The third kappa shape index (κ3) is 4.91. The molecule has 0 aromatic carbocycles. The van der Waals surface area contributed by atoms with Crippen molar-refractivity contribution >= 4 is 41.3 Å². The Hall–Kier alpha value is -0.370. The standard InChI is InChI=1S/C13H22N4S.HI/c1-10-6-11(2)9-17(8-10)13(14-3)16-7-12-15-4-5-18-12;/h4-5,10-11H,6-9H2,1-3H3,(H,14,16);1H. The third-order valence-electron chi connectivity index (χ3n) is 3.26. The highest BCUT2D eigenvalue weighted by Crippen LogP contribution is 2.20. The quantitative estimate of drug-likeness (QED) is 0.477. The van der Waals surface area contributed by atoms with Crippen molar-refractivity contribution < 1.29 is 0 Å². The predicted octanol–water partition coefficient (Wildman–Crippen LogP) is 2.81. The number of aromatic nitrogens is 1. The molecule has 1 N–H and O–H groups in total. The lowest BCUT2D eigenvalue weighted by molar-refractivity contribution is 0.208. The number of piperidine rings is 1. The van der Waals surface area contributed by atoms with E-state index in [0.717, 1.165) is 42.4 Å². The van der Waals surface area contributed by atoms with E-state index in [4.69, 9.17) is 0 Å². The Kier molecular flexibility index (Phi) is 7.06. The van der Waals surface area contributed by atoms with Crippen molar-refractivity contribution in [3.05, 3.63) is 16.6 Å². The molecule has 4 nitrogen and oxygen atoms in total. The number of hydrogen-bond donors (Lipinski definition) is 1. The number of rotatable bonds is 2. The molecule has 6 heteroatoms.